The van der Waals surface area contributed by atoms with E-state index in [0.717, 1.165) is 49.0 Å². The smallest absolute Gasteiger partial charge is 0.226 e. The van der Waals surface area contributed by atoms with Gasteiger partial charge in [-0.2, -0.15) is 0 Å². The van der Waals surface area contributed by atoms with E-state index in [9.17, 15) is 4.39 Å². The van der Waals surface area contributed by atoms with Gasteiger partial charge in [-0.25, -0.2) is 14.4 Å². The maximum Gasteiger partial charge on any atom is 0.226 e. The maximum absolute atomic E-state index is 13.6. The normalized spacial score (nSPS) is 13.8. The Balaban J connectivity index is 1.71. The van der Waals surface area contributed by atoms with E-state index in [1.54, 1.807) is 24.5 Å². The molecule has 1 aromatic heterocycles. The van der Waals surface area contributed by atoms with Crippen molar-refractivity contribution in [1.82, 2.24) is 15.3 Å². The number of hydrogen-bond acceptors (Lipinski definition) is 7. The van der Waals surface area contributed by atoms with Crippen molar-refractivity contribution in [2.75, 3.05) is 37.8 Å². The van der Waals surface area contributed by atoms with Crippen LogP contribution < -0.4 is 24.4 Å². The predicted molar refractivity (Wildman–Crippen MR) is 144 cm³/mol. The van der Waals surface area contributed by atoms with Gasteiger partial charge < -0.3 is 24.4 Å². The minimum Gasteiger partial charge on any atom is -0.493 e. The van der Waals surface area contributed by atoms with Gasteiger partial charge in [0.25, 0.3) is 0 Å². The maximum atomic E-state index is 13.6. The number of ether oxygens (including phenoxy) is 3. The zero-order chi connectivity index (χ0) is 26.0. The van der Waals surface area contributed by atoms with E-state index in [1.165, 1.54) is 12.1 Å². The lowest BCUT2D eigenvalue weighted by atomic mass is 9.99. The van der Waals surface area contributed by atoms with Gasteiger partial charge in [-0.3, -0.25) is 0 Å². The van der Waals surface area contributed by atoms with Crippen LogP contribution in [0.25, 0.3) is 11.1 Å². The molecule has 37 heavy (non-hydrogen) atoms. The van der Waals surface area contributed by atoms with Crippen LogP contribution in [-0.2, 0) is 6.54 Å². The van der Waals surface area contributed by atoms with Crippen LogP contribution >= 0.6 is 0 Å². The van der Waals surface area contributed by atoms with Crippen molar-refractivity contribution in [3.05, 3.63) is 60.2 Å². The summed E-state index contributed by atoms with van der Waals surface area (Å²) in [6.07, 6.45) is 6.44. The molecule has 0 bridgehead atoms. The summed E-state index contributed by atoms with van der Waals surface area (Å²) in [7, 11) is 0. The highest BCUT2D eigenvalue weighted by Crippen LogP contribution is 2.40. The largest absolute Gasteiger partial charge is 0.493 e. The zero-order valence-electron chi connectivity index (χ0n) is 22.0. The van der Waals surface area contributed by atoms with Gasteiger partial charge in [0.2, 0.25) is 5.95 Å². The molecule has 4 rings (SSSR count). The van der Waals surface area contributed by atoms with Crippen molar-refractivity contribution in [1.29, 1.82) is 0 Å². The Kier molecular flexibility index (Phi) is 9.54. The highest BCUT2D eigenvalue weighted by molar-refractivity contribution is 5.77. The summed E-state index contributed by atoms with van der Waals surface area (Å²) in [5, 5.41) is 3.44. The molecule has 3 aromatic rings. The van der Waals surface area contributed by atoms with Gasteiger partial charge in [0.1, 0.15) is 17.3 Å². The van der Waals surface area contributed by atoms with Crippen molar-refractivity contribution in [3.63, 3.8) is 0 Å². The number of hydrogen-bond donors (Lipinski definition) is 1. The van der Waals surface area contributed by atoms with Crippen LogP contribution in [-0.4, -0.2) is 48.9 Å². The standard InChI is InChI=1S/C29H37FN4O3/c1-4-15-37-25-18-32-29(33-19-25)34(24-11-13-31-14-12-24)20-21-16-26(35-5-2)28(27(17-21)36-6-3)22-7-9-23(30)10-8-22/h7-10,16-19,24,31H,4-6,11-15,20H2,1-3H3. The summed E-state index contributed by atoms with van der Waals surface area (Å²) >= 11 is 0. The van der Waals surface area contributed by atoms with E-state index >= 15 is 0 Å². The Hall–Kier alpha value is -3.39. The van der Waals surface area contributed by atoms with Gasteiger partial charge in [0.05, 0.1) is 37.8 Å². The second-order valence-electron chi connectivity index (χ2n) is 9.02. The zero-order valence-corrected chi connectivity index (χ0v) is 22.0. The van der Waals surface area contributed by atoms with E-state index < -0.39 is 0 Å². The lowest BCUT2D eigenvalue weighted by molar-refractivity contribution is 0.314. The van der Waals surface area contributed by atoms with Gasteiger partial charge >= 0.3 is 0 Å². The molecule has 0 radical (unpaired) electrons. The van der Waals surface area contributed by atoms with Crippen LogP contribution in [0.4, 0.5) is 10.3 Å². The molecule has 1 fully saturated rings. The second kappa shape index (κ2) is 13.2. The molecule has 8 heteroatoms. The molecule has 0 atom stereocenters. The minimum absolute atomic E-state index is 0.278. The number of anilines is 1. The van der Waals surface area contributed by atoms with Crippen LogP contribution in [0.5, 0.6) is 17.2 Å². The molecule has 2 aromatic carbocycles. The quantitative estimate of drug-likeness (QED) is 0.340. The fourth-order valence-electron chi connectivity index (χ4n) is 4.61. The molecule has 7 nitrogen and oxygen atoms in total. The van der Waals surface area contributed by atoms with Crippen molar-refractivity contribution < 1.29 is 18.6 Å². The molecule has 1 saturated heterocycles. The van der Waals surface area contributed by atoms with Crippen LogP contribution in [0.3, 0.4) is 0 Å². The van der Waals surface area contributed by atoms with E-state index in [0.29, 0.717) is 55.6 Å². The van der Waals surface area contributed by atoms with Crippen LogP contribution in [0, 0.1) is 5.82 Å². The SMILES string of the molecule is CCCOc1cnc(N(Cc2cc(OCC)c(-c3ccc(F)cc3)c(OCC)c2)C2CCNCC2)nc1. The minimum atomic E-state index is -0.278. The topological polar surface area (TPSA) is 68.7 Å². The molecule has 1 aliphatic heterocycles. The Morgan fingerprint density at radius 2 is 1.54 bits per heavy atom. The average molecular weight is 509 g/mol. The second-order valence-corrected chi connectivity index (χ2v) is 9.02. The lowest BCUT2D eigenvalue weighted by Gasteiger charge is -2.35. The van der Waals surface area contributed by atoms with E-state index in [-0.39, 0.29) is 5.82 Å². The number of piperidine rings is 1. The summed E-state index contributed by atoms with van der Waals surface area (Å²) < 4.78 is 31.5. The molecule has 1 aliphatic rings. The average Bonchev–Trinajstić information content (AvgIpc) is 2.92. The van der Waals surface area contributed by atoms with Gasteiger partial charge in [-0.05, 0) is 81.6 Å². The first-order valence-electron chi connectivity index (χ1n) is 13.2. The van der Waals surface area contributed by atoms with Gasteiger partial charge in [-0.15, -0.1) is 0 Å². The van der Waals surface area contributed by atoms with Crippen molar-refractivity contribution >= 4 is 5.95 Å². The van der Waals surface area contributed by atoms with E-state index in [1.807, 2.05) is 13.8 Å². The lowest BCUT2D eigenvalue weighted by Crippen LogP contribution is -2.43. The van der Waals surface area contributed by atoms with Crippen molar-refractivity contribution in [2.45, 2.75) is 52.6 Å². The molecule has 0 unspecified atom stereocenters. The summed E-state index contributed by atoms with van der Waals surface area (Å²) in [5.74, 6) is 2.50. The Morgan fingerprint density at radius 1 is 0.919 bits per heavy atom. The van der Waals surface area contributed by atoms with Crippen LogP contribution in [0.15, 0.2) is 48.8 Å². The highest BCUT2D eigenvalue weighted by atomic mass is 19.1. The summed E-state index contributed by atoms with van der Waals surface area (Å²) in [4.78, 5) is 11.6. The third-order valence-corrected chi connectivity index (χ3v) is 6.30. The van der Waals surface area contributed by atoms with Gasteiger partial charge in [0.15, 0.2) is 5.75 Å². The number of halogens is 1. The third-order valence-electron chi connectivity index (χ3n) is 6.30. The Labute approximate surface area is 219 Å². The fraction of sp³-hybridized carbons (Fsp3) is 0.448. The monoisotopic (exact) mass is 508 g/mol. The Bertz CT molecular complexity index is 1090. The number of aromatic nitrogens is 2. The highest BCUT2D eigenvalue weighted by Gasteiger charge is 2.25. The fourth-order valence-corrected chi connectivity index (χ4v) is 4.61. The van der Waals surface area contributed by atoms with Crippen molar-refractivity contribution in [2.24, 2.45) is 0 Å². The predicted octanol–water partition coefficient (Wildman–Crippen LogP) is 5.63. The molecule has 198 valence electrons. The molecule has 2 heterocycles. The molecule has 0 spiro atoms. The summed E-state index contributed by atoms with van der Waals surface area (Å²) in [5.41, 5.74) is 2.71. The van der Waals surface area contributed by atoms with Gasteiger partial charge in [-0.1, -0.05) is 19.1 Å². The molecule has 1 N–H and O–H groups in total. The Morgan fingerprint density at radius 3 is 2.11 bits per heavy atom. The number of nitrogens with one attached hydrogen (secondary N) is 1. The summed E-state index contributed by atoms with van der Waals surface area (Å²) in [6.45, 7) is 10.1. The number of nitrogens with zero attached hydrogens (tertiary/aromatic N) is 3. The first-order chi connectivity index (χ1) is 18.1. The van der Waals surface area contributed by atoms with E-state index in [2.05, 4.69) is 39.2 Å². The molecular weight excluding hydrogens is 471 g/mol. The molecule has 0 aliphatic carbocycles. The number of benzene rings is 2. The van der Waals surface area contributed by atoms with E-state index in [4.69, 9.17) is 14.2 Å². The summed E-state index contributed by atoms with van der Waals surface area (Å²) in [6, 6.07) is 10.8. The first kappa shape index (κ1) is 26.7. The molecule has 0 amide bonds. The van der Waals surface area contributed by atoms with Crippen molar-refractivity contribution in [3.8, 4) is 28.4 Å². The van der Waals surface area contributed by atoms with Gasteiger partial charge in [0, 0.05) is 12.6 Å². The van der Waals surface area contributed by atoms with Crippen LogP contribution in [0.1, 0.15) is 45.6 Å². The molecular formula is C29H37FN4O3. The third kappa shape index (κ3) is 6.89. The first-order valence-corrected chi connectivity index (χ1v) is 13.2. The number of rotatable bonds is 12. The molecule has 0 saturated carbocycles. The van der Waals surface area contributed by atoms with Crippen LogP contribution in [0.2, 0.25) is 0 Å².